The fourth-order valence-electron chi connectivity index (χ4n) is 2.66. The number of hydrogen-bond acceptors (Lipinski definition) is 2. The van der Waals surface area contributed by atoms with E-state index >= 15 is 0 Å². The Kier molecular flexibility index (Phi) is 2.99. The van der Waals surface area contributed by atoms with Crippen molar-refractivity contribution < 1.29 is 4.79 Å². The average Bonchev–Trinajstić information content (AvgIpc) is 2.82. The van der Waals surface area contributed by atoms with Gasteiger partial charge in [-0.2, -0.15) is 0 Å². The number of rotatable bonds is 3. The maximum absolute atomic E-state index is 11.3. The molecule has 3 rings (SSSR count). The van der Waals surface area contributed by atoms with Crippen molar-refractivity contribution in [1.82, 2.24) is 4.98 Å². The van der Waals surface area contributed by atoms with Crippen LogP contribution in [0, 0.1) is 5.92 Å². The minimum atomic E-state index is -0.196. The lowest BCUT2D eigenvalue weighted by Crippen LogP contribution is -2.28. The first-order valence-electron chi connectivity index (χ1n) is 6.54. The van der Waals surface area contributed by atoms with Crippen molar-refractivity contribution in [2.45, 2.75) is 19.3 Å². The molecule has 0 radical (unpaired) electrons. The van der Waals surface area contributed by atoms with Gasteiger partial charge in [-0.25, -0.2) is 0 Å². The Hall–Kier alpha value is -2.23. The van der Waals surface area contributed by atoms with Crippen molar-refractivity contribution in [2.24, 2.45) is 11.7 Å². The van der Waals surface area contributed by atoms with Crippen LogP contribution in [0.15, 0.2) is 36.5 Å². The molecule has 2 aromatic rings. The van der Waals surface area contributed by atoms with Gasteiger partial charge in [-0.15, -0.1) is 0 Å². The summed E-state index contributed by atoms with van der Waals surface area (Å²) in [4.78, 5) is 14.5. The number of carbonyl (C=O) groups is 1. The van der Waals surface area contributed by atoms with Gasteiger partial charge in [-0.3, -0.25) is 4.79 Å². The van der Waals surface area contributed by atoms with Gasteiger partial charge >= 0.3 is 0 Å². The number of primary amides is 1. The number of aromatic nitrogens is 1. The Morgan fingerprint density at radius 1 is 1.32 bits per heavy atom. The Morgan fingerprint density at radius 2 is 2.11 bits per heavy atom. The highest BCUT2D eigenvalue weighted by atomic mass is 16.1. The lowest BCUT2D eigenvalue weighted by Gasteiger charge is -2.20. The predicted octanol–water partition coefficient (Wildman–Crippen LogP) is 2.35. The van der Waals surface area contributed by atoms with Crippen LogP contribution in [0.4, 0.5) is 11.4 Å². The third-order valence-corrected chi connectivity index (χ3v) is 3.73. The van der Waals surface area contributed by atoms with Crippen molar-refractivity contribution in [2.75, 3.05) is 5.32 Å². The highest BCUT2D eigenvalue weighted by Gasteiger charge is 2.25. The lowest BCUT2D eigenvalue weighted by atomic mass is 9.87. The van der Waals surface area contributed by atoms with Crippen LogP contribution in [-0.2, 0) is 17.6 Å². The summed E-state index contributed by atoms with van der Waals surface area (Å²) in [6.07, 6.45) is 4.42. The molecular weight excluding hydrogens is 238 g/mol. The number of nitrogens with two attached hydrogens (primary N) is 1. The third kappa shape index (κ3) is 2.34. The second-order valence-corrected chi connectivity index (χ2v) is 4.99. The van der Waals surface area contributed by atoms with Crippen LogP contribution >= 0.6 is 0 Å². The second kappa shape index (κ2) is 4.80. The molecule has 98 valence electrons. The largest absolute Gasteiger partial charge is 0.369 e. The standard InChI is InChI=1S/C15H17N3O/c16-15(19)10-6-7-12-13(8-10)17-9-14(12)18-11-4-2-1-3-5-11/h1-5,9-10,17-18H,6-8H2,(H2,16,19). The highest BCUT2D eigenvalue weighted by Crippen LogP contribution is 2.32. The van der Waals surface area contributed by atoms with Crippen LogP contribution in [-0.4, -0.2) is 10.9 Å². The Labute approximate surface area is 112 Å². The summed E-state index contributed by atoms with van der Waals surface area (Å²) >= 11 is 0. The maximum atomic E-state index is 11.3. The quantitative estimate of drug-likeness (QED) is 0.787. The number of anilines is 2. The number of nitrogens with one attached hydrogen (secondary N) is 2. The van der Waals surface area contributed by atoms with E-state index in [4.69, 9.17) is 5.73 Å². The van der Waals surface area contributed by atoms with Gasteiger partial charge in [0.2, 0.25) is 5.91 Å². The fraction of sp³-hybridized carbons (Fsp3) is 0.267. The number of fused-ring (bicyclic) bond motifs is 1. The molecular formula is C15H17N3O. The van der Waals surface area contributed by atoms with E-state index in [0.29, 0.717) is 0 Å². The molecule has 19 heavy (non-hydrogen) atoms. The lowest BCUT2D eigenvalue weighted by molar-refractivity contribution is -0.122. The van der Waals surface area contributed by atoms with Crippen LogP contribution in [0.25, 0.3) is 0 Å². The summed E-state index contributed by atoms with van der Waals surface area (Å²) in [5.74, 6) is -0.228. The number of aromatic amines is 1. The molecule has 0 aliphatic heterocycles. The van der Waals surface area contributed by atoms with Crippen molar-refractivity contribution in [3.05, 3.63) is 47.8 Å². The summed E-state index contributed by atoms with van der Waals surface area (Å²) in [5, 5.41) is 3.41. The van der Waals surface area contributed by atoms with Crippen molar-refractivity contribution in [3.63, 3.8) is 0 Å². The van der Waals surface area contributed by atoms with Gasteiger partial charge in [-0.1, -0.05) is 18.2 Å². The minimum absolute atomic E-state index is 0.0317. The summed E-state index contributed by atoms with van der Waals surface area (Å²) in [5.41, 5.74) is 9.97. The topological polar surface area (TPSA) is 70.9 Å². The molecule has 1 amide bonds. The molecule has 1 aliphatic rings. The van der Waals surface area contributed by atoms with Gasteiger partial charge in [0.05, 0.1) is 5.69 Å². The Balaban J connectivity index is 1.81. The van der Waals surface area contributed by atoms with Gasteiger partial charge in [-0.05, 0) is 37.0 Å². The average molecular weight is 255 g/mol. The summed E-state index contributed by atoms with van der Waals surface area (Å²) in [6.45, 7) is 0. The zero-order chi connectivity index (χ0) is 13.2. The smallest absolute Gasteiger partial charge is 0.220 e. The molecule has 1 unspecified atom stereocenters. The summed E-state index contributed by atoms with van der Waals surface area (Å²) < 4.78 is 0. The van der Waals surface area contributed by atoms with E-state index in [1.807, 2.05) is 36.5 Å². The van der Waals surface area contributed by atoms with Gasteiger partial charge < -0.3 is 16.0 Å². The summed E-state index contributed by atoms with van der Waals surface area (Å²) in [6, 6.07) is 10.1. The van der Waals surface area contributed by atoms with E-state index in [2.05, 4.69) is 10.3 Å². The van der Waals surface area contributed by atoms with E-state index in [1.165, 1.54) is 5.56 Å². The Morgan fingerprint density at radius 3 is 2.84 bits per heavy atom. The molecule has 1 aliphatic carbocycles. The summed E-state index contributed by atoms with van der Waals surface area (Å²) in [7, 11) is 0. The normalized spacial score (nSPS) is 17.8. The fourth-order valence-corrected chi connectivity index (χ4v) is 2.66. The number of benzene rings is 1. The van der Waals surface area contributed by atoms with Crippen LogP contribution < -0.4 is 11.1 Å². The van der Waals surface area contributed by atoms with E-state index in [1.54, 1.807) is 0 Å². The molecule has 4 nitrogen and oxygen atoms in total. The number of H-pyrrole nitrogens is 1. The minimum Gasteiger partial charge on any atom is -0.369 e. The van der Waals surface area contributed by atoms with Crippen molar-refractivity contribution in [3.8, 4) is 0 Å². The zero-order valence-corrected chi connectivity index (χ0v) is 10.6. The van der Waals surface area contributed by atoms with Crippen LogP contribution in [0.1, 0.15) is 17.7 Å². The third-order valence-electron chi connectivity index (χ3n) is 3.73. The number of hydrogen-bond donors (Lipinski definition) is 3. The predicted molar refractivity (Wildman–Crippen MR) is 75.2 cm³/mol. The Bertz CT molecular complexity index is 589. The highest BCUT2D eigenvalue weighted by molar-refractivity contribution is 5.78. The van der Waals surface area contributed by atoms with E-state index < -0.39 is 0 Å². The molecule has 1 aromatic carbocycles. The molecule has 1 atom stereocenters. The van der Waals surface area contributed by atoms with E-state index in [0.717, 1.165) is 36.3 Å². The molecule has 4 N–H and O–H groups in total. The molecule has 0 saturated carbocycles. The molecule has 1 aromatic heterocycles. The number of carbonyl (C=O) groups excluding carboxylic acids is 1. The first kappa shape index (κ1) is 11.8. The SMILES string of the molecule is NC(=O)C1CCc2c(Nc3ccccc3)c[nH]c2C1. The monoisotopic (exact) mass is 255 g/mol. The van der Waals surface area contributed by atoms with Crippen LogP contribution in [0.3, 0.4) is 0 Å². The molecule has 0 saturated heterocycles. The molecule has 1 heterocycles. The van der Waals surface area contributed by atoms with Gasteiger partial charge in [0.25, 0.3) is 0 Å². The number of para-hydroxylation sites is 1. The van der Waals surface area contributed by atoms with Crippen LogP contribution in [0.2, 0.25) is 0 Å². The second-order valence-electron chi connectivity index (χ2n) is 4.99. The molecule has 0 spiro atoms. The van der Waals surface area contributed by atoms with Gasteiger partial charge in [0.15, 0.2) is 0 Å². The van der Waals surface area contributed by atoms with Gasteiger partial charge in [0.1, 0.15) is 0 Å². The maximum Gasteiger partial charge on any atom is 0.220 e. The van der Waals surface area contributed by atoms with Crippen molar-refractivity contribution >= 4 is 17.3 Å². The number of amides is 1. The molecule has 0 bridgehead atoms. The molecule has 4 heteroatoms. The first-order valence-corrected chi connectivity index (χ1v) is 6.54. The van der Waals surface area contributed by atoms with Crippen LogP contribution in [0.5, 0.6) is 0 Å². The van der Waals surface area contributed by atoms with E-state index in [-0.39, 0.29) is 11.8 Å². The zero-order valence-electron chi connectivity index (χ0n) is 10.6. The van der Waals surface area contributed by atoms with Gasteiger partial charge in [0, 0.05) is 23.5 Å². The first-order chi connectivity index (χ1) is 9.24. The molecule has 0 fully saturated rings. The van der Waals surface area contributed by atoms with E-state index in [9.17, 15) is 4.79 Å². The van der Waals surface area contributed by atoms with Crippen molar-refractivity contribution in [1.29, 1.82) is 0 Å².